The largest absolute Gasteiger partial charge is 0.492 e. The highest BCUT2D eigenvalue weighted by molar-refractivity contribution is 7.89. The van der Waals surface area contributed by atoms with Crippen LogP contribution in [0.15, 0.2) is 65.0 Å². The normalized spacial score (nSPS) is 15.6. The third-order valence-corrected chi connectivity index (χ3v) is 8.48. The number of thiazole rings is 1. The van der Waals surface area contributed by atoms with Gasteiger partial charge in [-0.1, -0.05) is 29.9 Å². The fourth-order valence-corrected chi connectivity index (χ4v) is 6.50. The van der Waals surface area contributed by atoms with E-state index in [1.165, 1.54) is 39.9 Å². The van der Waals surface area contributed by atoms with Crippen molar-refractivity contribution in [2.24, 2.45) is 4.99 Å². The second-order valence-corrected chi connectivity index (χ2v) is 10.7. The first kappa shape index (κ1) is 23.4. The first-order valence-corrected chi connectivity index (χ1v) is 13.3. The van der Waals surface area contributed by atoms with Gasteiger partial charge < -0.3 is 9.30 Å². The summed E-state index contributed by atoms with van der Waals surface area (Å²) in [6, 6.07) is 11.8. The van der Waals surface area contributed by atoms with Crippen molar-refractivity contribution in [3.8, 4) is 5.75 Å². The summed E-state index contributed by atoms with van der Waals surface area (Å²) in [5.74, 6) is 0.300. The number of benzene rings is 2. The number of amides is 1. The van der Waals surface area contributed by atoms with Gasteiger partial charge in [0.15, 0.2) is 4.80 Å². The predicted molar refractivity (Wildman–Crippen MR) is 130 cm³/mol. The number of hydrogen-bond acceptors (Lipinski definition) is 5. The number of allylic oxidation sites excluding steroid dienone is 1. The zero-order valence-electron chi connectivity index (χ0n) is 18.6. The average molecular weight is 486 g/mol. The summed E-state index contributed by atoms with van der Waals surface area (Å²) in [6.45, 7) is 7.83. The van der Waals surface area contributed by atoms with Crippen molar-refractivity contribution in [2.75, 3.05) is 19.7 Å². The Labute approximate surface area is 197 Å². The van der Waals surface area contributed by atoms with Gasteiger partial charge in [-0.25, -0.2) is 8.42 Å². The number of nitrogens with zero attached hydrogens (tertiary/aromatic N) is 3. The Kier molecular flexibility index (Phi) is 7.11. The predicted octanol–water partition coefficient (Wildman–Crippen LogP) is 4.20. The molecule has 1 saturated heterocycles. The Balaban J connectivity index is 1.67. The zero-order chi connectivity index (χ0) is 23.4. The van der Waals surface area contributed by atoms with Crippen LogP contribution in [0.1, 0.15) is 36.5 Å². The third kappa shape index (κ3) is 4.80. The summed E-state index contributed by atoms with van der Waals surface area (Å²) in [7, 11) is -3.54. The van der Waals surface area contributed by atoms with Gasteiger partial charge in [0.05, 0.1) is 16.2 Å². The van der Waals surface area contributed by atoms with Gasteiger partial charge >= 0.3 is 0 Å². The van der Waals surface area contributed by atoms with Crippen LogP contribution < -0.4 is 9.54 Å². The standard InChI is InChI=1S/C24H27N3O4S2/c1-3-15-27-22-20(31-4-2)9-8-10-21(22)32-24(27)25-23(28)18-11-13-19(14-12-18)33(29,30)26-16-6-5-7-17-26/h3,8-14H,1,4-7,15-17H2,2H3. The summed E-state index contributed by atoms with van der Waals surface area (Å²) in [4.78, 5) is 18.0. The van der Waals surface area contributed by atoms with Gasteiger partial charge in [0.1, 0.15) is 11.3 Å². The van der Waals surface area contributed by atoms with Crippen LogP contribution in [0.4, 0.5) is 0 Å². The van der Waals surface area contributed by atoms with Crippen molar-refractivity contribution in [1.29, 1.82) is 0 Å². The molecular formula is C24H27N3O4S2. The van der Waals surface area contributed by atoms with Crippen molar-refractivity contribution in [3.05, 3.63) is 65.5 Å². The number of fused-ring (bicyclic) bond motifs is 1. The molecule has 1 amide bonds. The molecule has 1 aromatic heterocycles. The molecule has 0 bridgehead atoms. The van der Waals surface area contributed by atoms with Gasteiger partial charge in [0.2, 0.25) is 10.0 Å². The van der Waals surface area contributed by atoms with E-state index in [1.807, 2.05) is 29.7 Å². The molecule has 2 heterocycles. The van der Waals surface area contributed by atoms with Crippen LogP contribution in [0.25, 0.3) is 10.2 Å². The average Bonchev–Trinajstić information content (AvgIpc) is 3.18. The van der Waals surface area contributed by atoms with E-state index >= 15 is 0 Å². The first-order valence-electron chi connectivity index (χ1n) is 11.0. The van der Waals surface area contributed by atoms with Crippen LogP contribution >= 0.6 is 11.3 Å². The Bertz CT molecular complexity index is 1330. The van der Waals surface area contributed by atoms with Crippen LogP contribution in [-0.2, 0) is 16.6 Å². The summed E-state index contributed by atoms with van der Waals surface area (Å²) in [5.41, 5.74) is 1.21. The van der Waals surface area contributed by atoms with E-state index in [0.29, 0.717) is 36.6 Å². The number of aromatic nitrogens is 1. The molecule has 4 rings (SSSR count). The molecule has 33 heavy (non-hydrogen) atoms. The van der Waals surface area contributed by atoms with E-state index in [9.17, 15) is 13.2 Å². The van der Waals surface area contributed by atoms with E-state index in [1.54, 1.807) is 6.08 Å². The Hall–Kier alpha value is -2.75. The molecule has 7 nitrogen and oxygen atoms in total. The van der Waals surface area contributed by atoms with E-state index in [2.05, 4.69) is 11.6 Å². The van der Waals surface area contributed by atoms with Crippen LogP contribution in [-0.4, -0.2) is 42.9 Å². The monoisotopic (exact) mass is 485 g/mol. The number of piperidine rings is 1. The van der Waals surface area contributed by atoms with Gasteiger partial charge in [0.25, 0.3) is 5.91 Å². The molecular weight excluding hydrogens is 458 g/mol. The SMILES string of the molecule is C=CCn1c(=NC(=O)c2ccc(S(=O)(=O)N3CCCCC3)cc2)sc2cccc(OCC)c21. The zero-order valence-corrected chi connectivity index (χ0v) is 20.2. The fraction of sp³-hybridized carbons (Fsp3) is 0.333. The lowest BCUT2D eigenvalue weighted by atomic mass is 10.2. The highest BCUT2D eigenvalue weighted by atomic mass is 32.2. The maximum Gasteiger partial charge on any atom is 0.279 e. The molecule has 0 aliphatic carbocycles. The summed E-state index contributed by atoms with van der Waals surface area (Å²) in [6.07, 6.45) is 4.55. The van der Waals surface area contributed by atoms with Gasteiger partial charge in [-0.15, -0.1) is 6.58 Å². The number of ether oxygens (including phenoxy) is 1. The second-order valence-electron chi connectivity index (χ2n) is 7.73. The number of sulfonamides is 1. The number of para-hydroxylation sites is 1. The maximum absolute atomic E-state index is 12.9. The maximum atomic E-state index is 12.9. The molecule has 1 aliphatic rings. The minimum absolute atomic E-state index is 0.200. The molecule has 0 spiro atoms. The van der Waals surface area contributed by atoms with Gasteiger partial charge in [-0.3, -0.25) is 4.79 Å². The highest BCUT2D eigenvalue weighted by Crippen LogP contribution is 2.28. The molecule has 2 aromatic carbocycles. The van der Waals surface area contributed by atoms with Crippen molar-refractivity contribution in [1.82, 2.24) is 8.87 Å². The smallest absolute Gasteiger partial charge is 0.279 e. The topological polar surface area (TPSA) is 81.0 Å². The molecule has 174 valence electrons. The molecule has 9 heteroatoms. The molecule has 0 unspecified atom stereocenters. The molecule has 1 aliphatic heterocycles. The Morgan fingerprint density at radius 2 is 1.88 bits per heavy atom. The first-order chi connectivity index (χ1) is 16.0. The molecule has 1 fully saturated rings. The number of carbonyl (C=O) groups is 1. The number of hydrogen-bond donors (Lipinski definition) is 0. The van der Waals surface area contributed by atoms with Crippen LogP contribution in [0.5, 0.6) is 5.75 Å². The fourth-order valence-electron chi connectivity index (χ4n) is 3.93. The minimum atomic E-state index is -3.54. The lowest BCUT2D eigenvalue weighted by molar-refractivity contribution is 0.0997. The molecule has 3 aromatic rings. The van der Waals surface area contributed by atoms with Gasteiger partial charge in [-0.05, 0) is 56.2 Å². The van der Waals surface area contributed by atoms with E-state index in [4.69, 9.17) is 4.74 Å². The molecule has 0 N–H and O–H groups in total. The third-order valence-electron chi connectivity index (χ3n) is 5.53. The van der Waals surface area contributed by atoms with Crippen LogP contribution in [0.2, 0.25) is 0 Å². The lowest BCUT2D eigenvalue weighted by Crippen LogP contribution is -2.35. The number of carbonyl (C=O) groups excluding carboxylic acids is 1. The summed E-state index contributed by atoms with van der Waals surface area (Å²) < 4.78 is 35.9. The highest BCUT2D eigenvalue weighted by Gasteiger charge is 2.26. The lowest BCUT2D eigenvalue weighted by Gasteiger charge is -2.25. The van der Waals surface area contributed by atoms with Crippen molar-refractivity contribution in [2.45, 2.75) is 37.6 Å². The summed E-state index contributed by atoms with van der Waals surface area (Å²) in [5, 5.41) is 0. The quantitative estimate of drug-likeness (QED) is 0.470. The van der Waals surface area contributed by atoms with Crippen molar-refractivity contribution in [3.63, 3.8) is 0 Å². The number of rotatable bonds is 7. The second kappa shape index (κ2) is 10.0. The van der Waals surface area contributed by atoms with Gasteiger partial charge in [0, 0.05) is 25.2 Å². The minimum Gasteiger partial charge on any atom is -0.492 e. The van der Waals surface area contributed by atoms with Crippen LogP contribution in [0.3, 0.4) is 0 Å². The molecule has 0 saturated carbocycles. The van der Waals surface area contributed by atoms with Crippen LogP contribution in [0, 0.1) is 0 Å². The van der Waals surface area contributed by atoms with E-state index in [0.717, 1.165) is 35.2 Å². The Morgan fingerprint density at radius 3 is 2.55 bits per heavy atom. The van der Waals surface area contributed by atoms with E-state index in [-0.39, 0.29) is 4.90 Å². The van der Waals surface area contributed by atoms with Crippen molar-refractivity contribution >= 4 is 37.5 Å². The summed E-state index contributed by atoms with van der Waals surface area (Å²) >= 11 is 1.40. The molecule has 0 atom stereocenters. The molecule has 0 radical (unpaired) electrons. The Morgan fingerprint density at radius 1 is 1.15 bits per heavy atom. The van der Waals surface area contributed by atoms with E-state index < -0.39 is 15.9 Å². The van der Waals surface area contributed by atoms with Crippen molar-refractivity contribution < 1.29 is 17.9 Å². The van der Waals surface area contributed by atoms with Gasteiger partial charge in [-0.2, -0.15) is 9.30 Å².